The Morgan fingerprint density at radius 3 is 2.67 bits per heavy atom. The van der Waals surface area contributed by atoms with Crippen LogP contribution >= 0.6 is 11.3 Å². The highest BCUT2D eigenvalue weighted by Gasteiger charge is 2.34. The number of thiophene rings is 1. The van der Waals surface area contributed by atoms with Crippen molar-refractivity contribution in [3.8, 4) is 0 Å². The zero-order valence-electron chi connectivity index (χ0n) is 13.1. The Morgan fingerprint density at radius 2 is 2.10 bits per heavy atom. The van der Waals surface area contributed by atoms with Crippen molar-refractivity contribution in [2.75, 3.05) is 19.6 Å². The summed E-state index contributed by atoms with van der Waals surface area (Å²) in [5, 5.41) is 3.49. The minimum absolute atomic E-state index is 0.402. The topological polar surface area (TPSA) is 49.4 Å². The van der Waals surface area contributed by atoms with Crippen LogP contribution in [0.25, 0.3) is 0 Å². The minimum Gasteiger partial charge on any atom is -0.314 e. The Balaban J connectivity index is 2.14. The highest BCUT2D eigenvalue weighted by molar-refractivity contribution is 7.91. The van der Waals surface area contributed by atoms with Crippen LogP contribution in [0.1, 0.15) is 38.5 Å². The molecule has 1 aliphatic heterocycles. The highest BCUT2D eigenvalue weighted by atomic mass is 32.2. The quantitative estimate of drug-likeness (QED) is 0.872. The molecule has 2 rings (SSSR count). The van der Waals surface area contributed by atoms with E-state index in [1.165, 1.54) is 11.3 Å². The van der Waals surface area contributed by atoms with Crippen LogP contribution in [0.15, 0.2) is 16.3 Å². The summed E-state index contributed by atoms with van der Waals surface area (Å²) in [5.74, 6) is 0.402. The maximum atomic E-state index is 12.8. The molecule has 1 fully saturated rings. The van der Waals surface area contributed by atoms with Gasteiger partial charge in [-0.05, 0) is 37.4 Å². The van der Waals surface area contributed by atoms with Gasteiger partial charge < -0.3 is 5.32 Å². The number of hydrogen-bond donors (Lipinski definition) is 1. The maximum Gasteiger partial charge on any atom is 0.252 e. The van der Waals surface area contributed by atoms with Crippen LogP contribution in [0, 0.1) is 5.92 Å². The summed E-state index contributed by atoms with van der Waals surface area (Å²) < 4.78 is 27.7. The SMILES string of the molecule is CCNC1CCN(S(=O)(=O)c2ccc(CC)s2)CC1CC. The molecule has 0 radical (unpaired) electrons. The Labute approximate surface area is 132 Å². The molecule has 1 aromatic heterocycles. The van der Waals surface area contributed by atoms with Crippen molar-refractivity contribution in [3.63, 3.8) is 0 Å². The van der Waals surface area contributed by atoms with Crippen LogP contribution in [-0.4, -0.2) is 38.4 Å². The number of nitrogens with one attached hydrogen (secondary N) is 1. The van der Waals surface area contributed by atoms with Gasteiger partial charge in [-0.1, -0.05) is 27.2 Å². The summed E-state index contributed by atoms with van der Waals surface area (Å²) in [6.07, 6.45) is 2.80. The van der Waals surface area contributed by atoms with Gasteiger partial charge in [0.15, 0.2) is 0 Å². The summed E-state index contributed by atoms with van der Waals surface area (Å²) in [6, 6.07) is 4.14. The molecule has 1 aromatic rings. The molecule has 6 heteroatoms. The fourth-order valence-electron chi connectivity index (χ4n) is 2.98. The Bertz CT molecular complexity index is 554. The van der Waals surface area contributed by atoms with Crippen molar-refractivity contribution >= 4 is 21.4 Å². The van der Waals surface area contributed by atoms with E-state index in [9.17, 15) is 8.42 Å². The molecular weight excluding hydrogens is 304 g/mol. The van der Waals surface area contributed by atoms with Gasteiger partial charge in [0.25, 0.3) is 10.0 Å². The minimum atomic E-state index is -3.31. The molecule has 21 heavy (non-hydrogen) atoms. The van der Waals surface area contributed by atoms with E-state index in [1.54, 1.807) is 10.4 Å². The van der Waals surface area contributed by atoms with Gasteiger partial charge in [-0.3, -0.25) is 0 Å². The lowest BCUT2D eigenvalue weighted by atomic mass is 9.91. The van der Waals surface area contributed by atoms with Crippen molar-refractivity contribution in [2.45, 2.75) is 50.3 Å². The van der Waals surface area contributed by atoms with Crippen molar-refractivity contribution in [1.29, 1.82) is 0 Å². The molecule has 1 aliphatic rings. The maximum absolute atomic E-state index is 12.8. The molecule has 120 valence electrons. The molecule has 4 nitrogen and oxygen atoms in total. The third-order valence-electron chi connectivity index (χ3n) is 4.27. The summed E-state index contributed by atoms with van der Waals surface area (Å²) in [4.78, 5) is 1.13. The fourth-order valence-corrected chi connectivity index (χ4v) is 5.94. The predicted octanol–water partition coefficient (Wildman–Crippen LogP) is 2.71. The summed E-state index contributed by atoms with van der Waals surface area (Å²) in [5.41, 5.74) is 0. The lowest BCUT2D eigenvalue weighted by Gasteiger charge is -2.37. The van der Waals surface area contributed by atoms with Gasteiger partial charge in [-0.25, -0.2) is 8.42 Å². The van der Waals surface area contributed by atoms with Gasteiger partial charge in [0.1, 0.15) is 4.21 Å². The van der Waals surface area contributed by atoms with E-state index in [2.05, 4.69) is 26.1 Å². The number of rotatable bonds is 6. The van der Waals surface area contributed by atoms with Crippen molar-refractivity contribution < 1.29 is 8.42 Å². The number of nitrogens with zero attached hydrogens (tertiary/aromatic N) is 1. The molecule has 0 bridgehead atoms. The normalized spacial score (nSPS) is 24.3. The Hall–Kier alpha value is -0.430. The van der Waals surface area contributed by atoms with E-state index < -0.39 is 10.0 Å². The standard InChI is InChI=1S/C15H26N2O2S2/c1-4-12-11-17(10-9-14(12)16-6-3)21(18,19)15-8-7-13(5-2)20-15/h7-8,12,14,16H,4-6,9-11H2,1-3H3. The van der Waals surface area contributed by atoms with Crippen LogP contribution in [0.2, 0.25) is 0 Å². The number of hydrogen-bond acceptors (Lipinski definition) is 4. The molecule has 0 aromatic carbocycles. The van der Waals surface area contributed by atoms with E-state index in [0.29, 0.717) is 29.3 Å². The van der Waals surface area contributed by atoms with Gasteiger partial charge in [-0.15, -0.1) is 11.3 Å². The van der Waals surface area contributed by atoms with E-state index in [-0.39, 0.29) is 0 Å². The van der Waals surface area contributed by atoms with Gasteiger partial charge in [0.05, 0.1) is 0 Å². The van der Waals surface area contributed by atoms with Gasteiger partial charge in [-0.2, -0.15) is 4.31 Å². The molecule has 0 saturated carbocycles. The molecule has 2 atom stereocenters. The second-order valence-corrected chi connectivity index (χ2v) is 8.89. The summed E-state index contributed by atoms with van der Waals surface area (Å²) >= 11 is 1.41. The van der Waals surface area contributed by atoms with Crippen LogP contribution < -0.4 is 5.32 Å². The molecule has 1 N–H and O–H groups in total. The van der Waals surface area contributed by atoms with Crippen molar-refractivity contribution in [1.82, 2.24) is 9.62 Å². The van der Waals surface area contributed by atoms with Gasteiger partial charge >= 0.3 is 0 Å². The number of piperidine rings is 1. The lowest BCUT2D eigenvalue weighted by molar-refractivity contribution is 0.204. The average molecular weight is 331 g/mol. The van der Waals surface area contributed by atoms with E-state index >= 15 is 0 Å². The highest BCUT2D eigenvalue weighted by Crippen LogP contribution is 2.29. The predicted molar refractivity (Wildman–Crippen MR) is 88.3 cm³/mol. The zero-order valence-corrected chi connectivity index (χ0v) is 14.8. The van der Waals surface area contributed by atoms with Crippen LogP contribution in [0.5, 0.6) is 0 Å². The van der Waals surface area contributed by atoms with Gasteiger partial charge in [0, 0.05) is 24.0 Å². The third kappa shape index (κ3) is 3.67. The largest absolute Gasteiger partial charge is 0.314 e. The lowest BCUT2D eigenvalue weighted by Crippen LogP contribution is -2.50. The number of aryl methyl sites for hydroxylation is 1. The molecular formula is C15H26N2O2S2. The smallest absolute Gasteiger partial charge is 0.252 e. The molecule has 0 amide bonds. The number of sulfonamides is 1. The Morgan fingerprint density at radius 1 is 1.33 bits per heavy atom. The van der Waals surface area contributed by atoms with Crippen LogP contribution in [-0.2, 0) is 16.4 Å². The first-order valence-electron chi connectivity index (χ1n) is 7.85. The summed E-state index contributed by atoms with van der Waals surface area (Å²) in [6.45, 7) is 8.50. The Kier molecular flexibility index (Phi) is 5.82. The van der Waals surface area contributed by atoms with E-state index in [0.717, 1.165) is 30.7 Å². The van der Waals surface area contributed by atoms with Crippen LogP contribution in [0.3, 0.4) is 0 Å². The van der Waals surface area contributed by atoms with Gasteiger partial charge in [0.2, 0.25) is 0 Å². The molecule has 2 unspecified atom stereocenters. The first-order valence-corrected chi connectivity index (χ1v) is 10.1. The monoisotopic (exact) mass is 330 g/mol. The molecule has 1 saturated heterocycles. The van der Waals surface area contributed by atoms with E-state index in [4.69, 9.17) is 0 Å². The summed E-state index contributed by atoms with van der Waals surface area (Å²) in [7, 11) is -3.31. The molecule has 2 heterocycles. The fraction of sp³-hybridized carbons (Fsp3) is 0.733. The first kappa shape index (κ1) is 16.9. The second-order valence-electron chi connectivity index (χ2n) is 5.56. The van der Waals surface area contributed by atoms with Crippen molar-refractivity contribution in [3.05, 3.63) is 17.0 Å². The zero-order chi connectivity index (χ0) is 15.5. The molecule has 0 aliphatic carbocycles. The van der Waals surface area contributed by atoms with E-state index in [1.807, 2.05) is 6.07 Å². The first-order chi connectivity index (χ1) is 10.0. The van der Waals surface area contributed by atoms with Crippen molar-refractivity contribution in [2.24, 2.45) is 5.92 Å². The third-order valence-corrected chi connectivity index (χ3v) is 7.83. The van der Waals surface area contributed by atoms with Crippen LogP contribution in [0.4, 0.5) is 0 Å². The molecule has 0 spiro atoms. The second kappa shape index (κ2) is 7.22. The average Bonchev–Trinajstić information content (AvgIpc) is 2.97.